The maximum Gasteiger partial charge on any atom is 0.271 e. The molecule has 0 aliphatic carbocycles. The molecule has 1 unspecified atom stereocenters. The molecular formula is C24H30Cl2N4O7S. The number of nitrogens with one attached hydrogen (secondary N) is 1. The molecule has 14 heteroatoms. The number of rotatable bonds is 10. The van der Waals surface area contributed by atoms with Crippen LogP contribution < -0.4 is 14.4 Å². The summed E-state index contributed by atoms with van der Waals surface area (Å²) in [5.74, 6) is -1.21. The maximum absolute atomic E-state index is 13.7. The van der Waals surface area contributed by atoms with Gasteiger partial charge in [-0.25, -0.2) is 8.42 Å². The Morgan fingerprint density at radius 1 is 1.13 bits per heavy atom. The van der Waals surface area contributed by atoms with Gasteiger partial charge in [0, 0.05) is 24.2 Å². The van der Waals surface area contributed by atoms with E-state index in [0.717, 1.165) is 18.4 Å². The molecule has 208 valence electrons. The van der Waals surface area contributed by atoms with E-state index < -0.39 is 50.6 Å². The first-order valence-electron chi connectivity index (χ1n) is 11.3. The first kappa shape index (κ1) is 31.1. The zero-order chi connectivity index (χ0) is 29.0. The second-order valence-corrected chi connectivity index (χ2v) is 12.3. The average Bonchev–Trinajstić information content (AvgIpc) is 2.80. The Balaban J connectivity index is 2.55. The number of hydrogen-bond donors (Lipinski definition) is 1. The Labute approximate surface area is 231 Å². The summed E-state index contributed by atoms with van der Waals surface area (Å²) in [5, 5.41) is 14.7. The number of nitro groups is 1. The topological polar surface area (TPSA) is 139 Å². The van der Waals surface area contributed by atoms with Crippen molar-refractivity contribution in [1.29, 1.82) is 0 Å². The van der Waals surface area contributed by atoms with Crippen LogP contribution in [0.5, 0.6) is 5.75 Å². The van der Waals surface area contributed by atoms with Gasteiger partial charge in [-0.1, -0.05) is 29.3 Å². The summed E-state index contributed by atoms with van der Waals surface area (Å²) in [4.78, 5) is 38.5. The van der Waals surface area contributed by atoms with Gasteiger partial charge in [0.25, 0.3) is 5.69 Å². The van der Waals surface area contributed by atoms with Gasteiger partial charge in [0.1, 0.15) is 24.0 Å². The molecule has 0 radical (unpaired) electrons. The molecule has 1 atom stereocenters. The van der Waals surface area contributed by atoms with Crippen molar-refractivity contribution >= 4 is 56.4 Å². The van der Waals surface area contributed by atoms with E-state index in [4.69, 9.17) is 27.9 Å². The molecule has 2 amide bonds. The van der Waals surface area contributed by atoms with Gasteiger partial charge in [-0.15, -0.1) is 0 Å². The number of halogens is 2. The average molecular weight is 589 g/mol. The van der Waals surface area contributed by atoms with E-state index >= 15 is 0 Å². The number of non-ortho nitro benzene ring substituents is 1. The first-order valence-corrected chi connectivity index (χ1v) is 13.9. The van der Waals surface area contributed by atoms with E-state index in [9.17, 15) is 28.1 Å². The molecule has 1 N–H and O–H groups in total. The highest BCUT2D eigenvalue weighted by atomic mass is 35.5. The van der Waals surface area contributed by atoms with Gasteiger partial charge < -0.3 is 15.0 Å². The molecule has 2 aromatic rings. The first-order chi connectivity index (χ1) is 17.4. The molecule has 2 aromatic carbocycles. The molecule has 11 nitrogen and oxygen atoms in total. The number of nitro benzene ring substituents is 1. The van der Waals surface area contributed by atoms with Gasteiger partial charge in [-0.2, -0.15) is 0 Å². The molecule has 0 spiro atoms. The minimum absolute atomic E-state index is 0.00313. The Bertz CT molecular complexity index is 1330. The number of hydrogen-bond acceptors (Lipinski definition) is 7. The van der Waals surface area contributed by atoms with Crippen molar-refractivity contribution in [3.8, 4) is 5.75 Å². The van der Waals surface area contributed by atoms with Crippen LogP contribution in [0.3, 0.4) is 0 Å². The molecule has 0 fully saturated rings. The summed E-state index contributed by atoms with van der Waals surface area (Å²) in [5.41, 5.74) is -0.646. The van der Waals surface area contributed by atoms with E-state index in [0.29, 0.717) is 14.9 Å². The number of benzene rings is 2. The Morgan fingerprint density at radius 2 is 1.76 bits per heavy atom. The fourth-order valence-corrected chi connectivity index (χ4v) is 4.64. The highest BCUT2D eigenvalue weighted by Crippen LogP contribution is 2.34. The highest BCUT2D eigenvalue weighted by Gasteiger charge is 2.33. The van der Waals surface area contributed by atoms with E-state index in [-0.39, 0.29) is 23.0 Å². The predicted molar refractivity (Wildman–Crippen MR) is 146 cm³/mol. The lowest BCUT2D eigenvalue weighted by Crippen LogP contribution is -2.54. The summed E-state index contributed by atoms with van der Waals surface area (Å²) in [6.45, 7) is 5.99. The molecule has 2 rings (SSSR count). The van der Waals surface area contributed by atoms with Gasteiger partial charge in [0.15, 0.2) is 0 Å². The second-order valence-electron chi connectivity index (χ2n) is 9.57. The molecule has 0 bridgehead atoms. The molecule has 0 saturated heterocycles. The Hall–Kier alpha value is -3.09. The molecule has 0 aliphatic rings. The summed E-state index contributed by atoms with van der Waals surface area (Å²) in [6, 6.07) is 7.08. The lowest BCUT2D eigenvalue weighted by atomic mass is 10.1. The monoisotopic (exact) mass is 588 g/mol. The van der Waals surface area contributed by atoms with Crippen molar-refractivity contribution in [2.24, 2.45) is 0 Å². The maximum atomic E-state index is 13.7. The number of sulfonamides is 1. The lowest BCUT2D eigenvalue weighted by Gasteiger charge is -2.33. The SMILES string of the molecule is COc1ccc([N+](=O)[O-])cc1N(CC(=O)N(Cc1ccc(Cl)c(Cl)c1)C(C)C(=O)NC(C)(C)C)S(C)(=O)=O. The van der Waals surface area contributed by atoms with Crippen molar-refractivity contribution in [3.63, 3.8) is 0 Å². The van der Waals surface area contributed by atoms with Crippen LogP contribution in [0.25, 0.3) is 0 Å². The Morgan fingerprint density at radius 3 is 2.26 bits per heavy atom. The van der Waals surface area contributed by atoms with Crippen LogP contribution in [0.15, 0.2) is 36.4 Å². The smallest absolute Gasteiger partial charge is 0.271 e. The molecule has 38 heavy (non-hydrogen) atoms. The van der Waals surface area contributed by atoms with Crippen molar-refractivity contribution in [2.75, 3.05) is 24.2 Å². The summed E-state index contributed by atoms with van der Waals surface area (Å²) >= 11 is 12.1. The Kier molecular flexibility index (Phi) is 9.98. The third-order valence-electron chi connectivity index (χ3n) is 5.32. The third kappa shape index (κ3) is 8.20. The minimum atomic E-state index is -4.14. The fourth-order valence-electron chi connectivity index (χ4n) is 3.47. The predicted octanol–water partition coefficient (Wildman–Crippen LogP) is 4.01. The summed E-state index contributed by atoms with van der Waals surface area (Å²) in [7, 11) is -2.87. The van der Waals surface area contributed by atoms with Gasteiger partial charge in [0.2, 0.25) is 21.8 Å². The molecule has 0 heterocycles. The van der Waals surface area contributed by atoms with Gasteiger partial charge in [-0.05, 0) is 51.5 Å². The second kappa shape index (κ2) is 12.2. The standard InChI is InChI=1S/C24H30Cl2N4O7S/c1-15(23(32)27-24(2,3)4)28(13-16-7-9-18(25)19(26)11-16)22(31)14-29(38(6,35)36)20-12-17(30(33)34)8-10-21(20)37-5/h7-12,15H,13-14H2,1-6H3,(H,27,32). The number of anilines is 1. The number of carbonyl (C=O) groups is 2. The summed E-state index contributed by atoms with van der Waals surface area (Å²) in [6.07, 6.45) is 0.859. The van der Waals surface area contributed by atoms with Crippen molar-refractivity contribution in [1.82, 2.24) is 10.2 Å². The quantitative estimate of drug-likeness (QED) is 0.326. The fraction of sp³-hybridized carbons (Fsp3) is 0.417. The van der Waals surface area contributed by atoms with E-state index in [1.54, 1.807) is 32.9 Å². The zero-order valence-corrected chi connectivity index (χ0v) is 24.1. The van der Waals surface area contributed by atoms with Crippen LogP contribution in [0.2, 0.25) is 10.0 Å². The van der Waals surface area contributed by atoms with Crippen LogP contribution in [-0.2, 0) is 26.2 Å². The molecule has 0 saturated carbocycles. The van der Waals surface area contributed by atoms with E-state index in [1.165, 1.54) is 31.1 Å². The zero-order valence-electron chi connectivity index (χ0n) is 21.8. The molecular weight excluding hydrogens is 559 g/mol. The molecule has 0 aromatic heterocycles. The van der Waals surface area contributed by atoms with E-state index in [2.05, 4.69) is 5.32 Å². The lowest BCUT2D eigenvalue weighted by molar-refractivity contribution is -0.384. The van der Waals surface area contributed by atoms with Crippen LogP contribution in [0.1, 0.15) is 33.3 Å². The number of amides is 2. The number of methoxy groups -OCH3 is 1. The van der Waals surface area contributed by atoms with E-state index in [1.807, 2.05) is 0 Å². The molecule has 0 aliphatic heterocycles. The highest BCUT2D eigenvalue weighted by molar-refractivity contribution is 7.92. The van der Waals surface area contributed by atoms with Gasteiger partial charge in [0.05, 0.1) is 28.3 Å². The minimum Gasteiger partial charge on any atom is -0.495 e. The number of nitrogens with zero attached hydrogens (tertiary/aromatic N) is 3. The normalized spacial score (nSPS) is 12.4. The van der Waals surface area contributed by atoms with Gasteiger partial charge in [-0.3, -0.25) is 24.0 Å². The number of ether oxygens (including phenoxy) is 1. The largest absolute Gasteiger partial charge is 0.495 e. The van der Waals surface area contributed by atoms with Crippen molar-refractivity contribution < 1.29 is 27.7 Å². The van der Waals surface area contributed by atoms with Crippen LogP contribution in [0.4, 0.5) is 11.4 Å². The van der Waals surface area contributed by atoms with Crippen LogP contribution in [0, 0.1) is 10.1 Å². The number of carbonyl (C=O) groups excluding carboxylic acids is 2. The van der Waals surface area contributed by atoms with Crippen LogP contribution >= 0.6 is 23.2 Å². The van der Waals surface area contributed by atoms with Gasteiger partial charge >= 0.3 is 0 Å². The van der Waals surface area contributed by atoms with Crippen LogP contribution in [-0.4, -0.2) is 61.5 Å². The van der Waals surface area contributed by atoms with Crippen molar-refractivity contribution in [2.45, 2.75) is 45.8 Å². The third-order valence-corrected chi connectivity index (χ3v) is 7.19. The summed E-state index contributed by atoms with van der Waals surface area (Å²) < 4.78 is 31.5. The van der Waals surface area contributed by atoms with Crippen molar-refractivity contribution in [3.05, 3.63) is 62.1 Å².